The monoisotopic (exact) mass is 387 g/mol. The molecule has 27 heavy (non-hydrogen) atoms. The summed E-state index contributed by atoms with van der Waals surface area (Å²) >= 11 is 1.15. The van der Waals surface area contributed by atoms with E-state index in [4.69, 9.17) is 9.47 Å². The van der Waals surface area contributed by atoms with E-state index in [9.17, 15) is 14.0 Å². The van der Waals surface area contributed by atoms with Gasteiger partial charge in [-0.1, -0.05) is 24.3 Å². The first-order chi connectivity index (χ1) is 13.1. The molecule has 0 aliphatic heterocycles. The van der Waals surface area contributed by atoms with Gasteiger partial charge in [0, 0.05) is 10.1 Å². The van der Waals surface area contributed by atoms with Gasteiger partial charge in [0.25, 0.3) is 5.91 Å². The molecule has 1 aromatic heterocycles. The number of carbonyl (C=O) groups is 2. The summed E-state index contributed by atoms with van der Waals surface area (Å²) in [5, 5.41) is 3.03. The highest BCUT2D eigenvalue weighted by atomic mass is 32.1. The van der Waals surface area contributed by atoms with Crippen molar-refractivity contribution >= 4 is 33.3 Å². The molecule has 3 rings (SSSR count). The van der Waals surface area contributed by atoms with Crippen LogP contribution in [0.2, 0.25) is 0 Å². The predicted molar refractivity (Wildman–Crippen MR) is 102 cm³/mol. The fraction of sp³-hybridized carbons (Fsp3) is 0.200. The number of benzene rings is 2. The first-order valence-electron chi connectivity index (χ1n) is 8.35. The van der Waals surface area contributed by atoms with Gasteiger partial charge >= 0.3 is 5.97 Å². The quantitative estimate of drug-likeness (QED) is 0.496. The molecule has 0 spiro atoms. The summed E-state index contributed by atoms with van der Waals surface area (Å²) < 4.78 is 25.1. The molecule has 0 bridgehead atoms. The van der Waals surface area contributed by atoms with Crippen molar-refractivity contribution in [1.29, 1.82) is 0 Å². The molecule has 0 aliphatic carbocycles. The van der Waals surface area contributed by atoms with Crippen molar-refractivity contribution in [2.45, 2.75) is 6.92 Å². The average molecular weight is 387 g/mol. The fourth-order valence-electron chi connectivity index (χ4n) is 2.57. The Balaban J connectivity index is 1.47. The minimum absolute atomic E-state index is 0.290. The second kappa shape index (κ2) is 8.64. The van der Waals surface area contributed by atoms with E-state index in [0.717, 1.165) is 11.3 Å². The zero-order valence-electron chi connectivity index (χ0n) is 14.7. The van der Waals surface area contributed by atoms with Crippen molar-refractivity contribution in [1.82, 2.24) is 5.32 Å². The summed E-state index contributed by atoms with van der Waals surface area (Å²) in [6.07, 6.45) is 0. The van der Waals surface area contributed by atoms with Gasteiger partial charge in [0.1, 0.15) is 23.1 Å². The van der Waals surface area contributed by atoms with Crippen molar-refractivity contribution in [2.24, 2.45) is 0 Å². The Morgan fingerprint density at radius 2 is 1.89 bits per heavy atom. The van der Waals surface area contributed by atoms with E-state index < -0.39 is 18.5 Å². The lowest BCUT2D eigenvalue weighted by molar-refractivity contribution is -0.124. The Labute approximate surface area is 159 Å². The molecule has 140 valence electrons. The van der Waals surface area contributed by atoms with E-state index in [1.807, 2.05) is 30.3 Å². The zero-order valence-corrected chi connectivity index (χ0v) is 15.5. The molecule has 0 atom stereocenters. The second-order valence-electron chi connectivity index (χ2n) is 5.76. The van der Waals surface area contributed by atoms with Crippen LogP contribution in [-0.2, 0) is 9.53 Å². The number of thiophene rings is 1. The summed E-state index contributed by atoms with van der Waals surface area (Å²) in [4.78, 5) is 24.3. The minimum atomic E-state index is -0.635. The lowest BCUT2D eigenvalue weighted by Crippen LogP contribution is -2.32. The third-order valence-corrected chi connectivity index (χ3v) is 5.10. The number of halogens is 1. The third kappa shape index (κ3) is 4.62. The SMILES string of the molecule is Cc1c(C(=O)OCC(=O)NCCOc2ccccc2)sc2cccc(F)c12. The van der Waals surface area contributed by atoms with E-state index in [-0.39, 0.29) is 5.82 Å². The first kappa shape index (κ1) is 18.8. The van der Waals surface area contributed by atoms with E-state index in [1.165, 1.54) is 6.07 Å². The summed E-state index contributed by atoms with van der Waals surface area (Å²) in [6, 6.07) is 13.9. The summed E-state index contributed by atoms with van der Waals surface area (Å²) in [6.45, 7) is 1.86. The van der Waals surface area contributed by atoms with Crippen LogP contribution in [-0.4, -0.2) is 31.6 Å². The van der Waals surface area contributed by atoms with Crippen molar-refractivity contribution in [2.75, 3.05) is 19.8 Å². The Kier molecular flexibility index (Phi) is 6.03. The van der Waals surface area contributed by atoms with Crippen LogP contribution in [0.5, 0.6) is 5.75 Å². The molecule has 0 aliphatic rings. The third-order valence-electron chi connectivity index (χ3n) is 3.86. The topological polar surface area (TPSA) is 64.6 Å². The molecule has 1 amide bonds. The van der Waals surface area contributed by atoms with Crippen LogP contribution in [0.1, 0.15) is 15.2 Å². The molecule has 0 unspecified atom stereocenters. The highest BCUT2D eigenvalue weighted by molar-refractivity contribution is 7.21. The largest absolute Gasteiger partial charge is 0.492 e. The van der Waals surface area contributed by atoms with E-state index >= 15 is 0 Å². The van der Waals surface area contributed by atoms with Crippen LogP contribution in [0.4, 0.5) is 4.39 Å². The van der Waals surface area contributed by atoms with Crippen LogP contribution >= 0.6 is 11.3 Å². The number of hydrogen-bond acceptors (Lipinski definition) is 5. The molecule has 2 aromatic carbocycles. The maximum Gasteiger partial charge on any atom is 0.349 e. The number of amides is 1. The number of aryl methyl sites for hydroxylation is 1. The Morgan fingerprint density at radius 3 is 2.63 bits per heavy atom. The Bertz CT molecular complexity index is 955. The lowest BCUT2D eigenvalue weighted by atomic mass is 10.1. The molecule has 0 fully saturated rings. The number of ether oxygens (including phenoxy) is 2. The van der Waals surface area contributed by atoms with Crippen LogP contribution in [0, 0.1) is 12.7 Å². The highest BCUT2D eigenvalue weighted by Crippen LogP contribution is 2.32. The number of para-hydroxylation sites is 1. The molecule has 0 saturated heterocycles. The number of fused-ring (bicyclic) bond motifs is 1. The van der Waals surface area contributed by atoms with Crippen LogP contribution in [0.3, 0.4) is 0 Å². The Hall–Kier alpha value is -2.93. The molecule has 5 nitrogen and oxygen atoms in total. The molecular formula is C20H18FNO4S. The van der Waals surface area contributed by atoms with Gasteiger partial charge in [-0.15, -0.1) is 11.3 Å². The zero-order chi connectivity index (χ0) is 19.2. The molecule has 3 aromatic rings. The number of nitrogens with one attached hydrogen (secondary N) is 1. The van der Waals surface area contributed by atoms with Gasteiger partial charge in [-0.25, -0.2) is 9.18 Å². The fourth-order valence-corrected chi connectivity index (χ4v) is 3.69. The van der Waals surface area contributed by atoms with Gasteiger partial charge in [0.15, 0.2) is 6.61 Å². The standard InChI is InChI=1S/C20H18FNO4S/c1-13-18-15(21)8-5-9-16(18)27-19(13)20(24)26-12-17(23)22-10-11-25-14-6-3-2-4-7-14/h2-9H,10-12H2,1H3,(H,22,23). The van der Waals surface area contributed by atoms with E-state index in [1.54, 1.807) is 19.1 Å². The van der Waals surface area contributed by atoms with Crippen molar-refractivity contribution in [3.63, 3.8) is 0 Å². The molecule has 7 heteroatoms. The van der Waals surface area contributed by atoms with Gasteiger partial charge < -0.3 is 14.8 Å². The van der Waals surface area contributed by atoms with E-state index in [0.29, 0.717) is 39.4 Å². The number of carbonyl (C=O) groups excluding carboxylic acids is 2. The molecule has 0 radical (unpaired) electrons. The van der Waals surface area contributed by atoms with Gasteiger partial charge in [-0.05, 0) is 36.8 Å². The van der Waals surface area contributed by atoms with Crippen LogP contribution in [0.15, 0.2) is 48.5 Å². The lowest BCUT2D eigenvalue weighted by Gasteiger charge is -2.08. The van der Waals surface area contributed by atoms with Gasteiger partial charge in [-0.2, -0.15) is 0 Å². The average Bonchev–Trinajstić information content (AvgIpc) is 3.02. The van der Waals surface area contributed by atoms with Gasteiger partial charge in [0.2, 0.25) is 0 Å². The number of esters is 1. The summed E-state index contributed by atoms with van der Waals surface area (Å²) in [5.41, 5.74) is 0.523. The summed E-state index contributed by atoms with van der Waals surface area (Å²) in [7, 11) is 0. The second-order valence-corrected chi connectivity index (χ2v) is 6.81. The maximum absolute atomic E-state index is 13.9. The van der Waals surface area contributed by atoms with Crippen LogP contribution in [0.25, 0.3) is 10.1 Å². The molecular weight excluding hydrogens is 369 g/mol. The van der Waals surface area contributed by atoms with Crippen molar-refractivity contribution < 1.29 is 23.5 Å². The van der Waals surface area contributed by atoms with Crippen LogP contribution < -0.4 is 10.1 Å². The first-order valence-corrected chi connectivity index (χ1v) is 9.17. The van der Waals surface area contributed by atoms with Crippen molar-refractivity contribution in [3.05, 3.63) is 64.8 Å². The van der Waals surface area contributed by atoms with Crippen molar-refractivity contribution in [3.8, 4) is 5.75 Å². The molecule has 0 saturated carbocycles. The minimum Gasteiger partial charge on any atom is -0.492 e. The molecule has 1 heterocycles. The Morgan fingerprint density at radius 1 is 1.11 bits per heavy atom. The molecule has 1 N–H and O–H groups in total. The van der Waals surface area contributed by atoms with E-state index in [2.05, 4.69) is 5.32 Å². The highest BCUT2D eigenvalue weighted by Gasteiger charge is 2.19. The van der Waals surface area contributed by atoms with Gasteiger partial charge in [0.05, 0.1) is 6.54 Å². The normalized spacial score (nSPS) is 10.6. The maximum atomic E-state index is 13.9. The predicted octanol–water partition coefficient (Wildman–Crippen LogP) is 3.70. The smallest absolute Gasteiger partial charge is 0.349 e. The number of rotatable bonds is 7. The number of hydrogen-bond donors (Lipinski definition) is 1. The summed E-state index contributed by atoms with van der Waals surface area (Å²) in [5.74, 6) is -0.726. The van der Waals surface area contributed by atoms with Gasteiger partial charge in [-0.3, -0.25) is 4.79 Å².